The lowest BCUT2D eigenvalue weighted by Crippen LogP contribution is -2.34. The Bertz CT molecular complexity index is 199. The van der Waals surface area contributed by atoms with E-state index in [0.29, 0.717) is 16.9 Å². The predicted molar refractivity (Wildman–Crippen MR) is 62.4 cm³/mol. The van der Waals surface area contributed by atoms with Crippen LogP contribution < -0.4 is 5.73 Å². The molecule has 3 nitrogen and oxygen atoms in total. The Morgan fingerprint density at radius 2 is 2.43 bits per heavy atom. The molecule has 1 aliphatic rings. The average molecular weight is 216 g/mol. The zero-order valence-electron chi connectivity index (χ0n) is 9.03. The van der Waals surface area contributed by atoms with Gasteiger partial charge in [0.2, 0.25) is 0 Å². The Labute approximate surface area is 91.6 Å². The summed E-state index contributed by atoms with van der Waals surface area (Å²) in [5, 5.41) is 0. The first-order chi connectivity index (χ1) is 6.63. The third-order valence-electron chi connectivity index (χ3n) is 2.84. The van der Waals surface area contributed by atoms with E-state index in [1.807, 2.05) is 0 Å². The second-order valence-electron chi connectivity index (χ2n) is 4.12. The average Bonchev–Trinajstić information content (AvgIpc) is 2.52. The summed E-state index contributed by atoms with van der Waals surface area (Å²) in [6.45, 7) is 5.33. The summed E-state index contributed by atoms with van der Waals surface area (Å²) < 4.78 is 5.16. The van der Waals surface area contributed by atoms with Crippen molar-refractivity contribution in [1.82, 2.24) is 4.90 Å². The summed E-state index contributed by atoms with van der Waals surface area (Å²) in [6.07, 6.45) is 2.06. The Hall–Kier alpha value is -0.190. The maximum Gasteiger partial charge on any atom is 0.0742 e. The van der Waals surface area contributed by atoms with Crippen molar-refractivity contribution in [2.45, 2.75) is 25.8 Å². The molecule has 1 aliphatic heterocycles. The molecule has 0 aromatic rings. The van der Waals surface area contributed by atoms with E-state index in [2.05, 4.69) is 11.8 Å². The van der Waals surface area contributed by atoms with Crippen molar-refractivity contribution in [3.8, 4) is 0 Å². The van der Waals surface area contributed by atoms with Crippen LogP contribution in [0, 0.1) is 5.92 Å². The minimum absolute atomic E-state index is 0.481. The van der Waals surface area contributed by atoms with Gasteiger partial charge >= 0.3 is 0 Å². The zero-order chi connectivity index (χ0) is 10.6. The van der Waals surface area contributed by atoms with Gasteiger partial charge in [0.05, 0.1) is 11.6 Å². The number of rotatable bonds is 5. The Morgan fingerprint density at radius 1 is 1.71 bits per heavy atom. The van der Waals surface area contributed by atoms with Gasteiger partial charge in [-0.3, -0.25) is 4.90 Å². The molecule has 2 unspecified atom stereocenters. The van der Waals surface area contributed by atoms with E-state index < -0.39 is 0 Å². The Balaban J connectivity index is 2.30. The number of methoxy groups -OCH3 is 1. The fourth-order valence-electron chi connectivity index (χ4n) is 2.05. The van der Waals surface area contributed by atoms with Crippen molar-refractivity contribution < 1.29 is 4.74 Å². The first-order valence-corrected chi connectivity index (χ1v) is 5.55. The van der Waals surface area contributed by atoms with Crippen LogP contribution in [-0.2, 0) is 4.74 Å². The van der Waals surface area contributed by atoms with Gasteiger partial charge in [-0.1, -0.05) is 12.2 Å². The van der Waals surface area contributed by atoms with Crippen molar-refractivity contribution in [3.63, 3.8) is 0 Å². The number of nitrogens with zero attached hydrogens (tertiary/aromatic N) is 1. The molecule has 0 bridgehead atoms. The van der Waals surface area contributed by atoms with Gasteiger partial charge in [0.1, 0.15) is 0 Å². The minimum Gasteiger partial charge on any atom is -0.393 e. The van der Waals surface area contributed by atoms with Crippen LogP contribution in [0.5, 0.6) is 0 Å². The summed E-state index contributed by atoms with van der Waals surface area (Å²) in [7, 11) is 1.76. The molecule has 0 aromatic carbocycles. The second-order valence-corrected chi connectivity index (χ2v) is 4.65. The van der Waals surface area contributed by atoms with Crippen molar-refractivity contribution in [3.05, 3.63) is 0 Å². The number of hydrogen-bond acceptors (Lipinski definition) is 3. The highest BCUT2D eigenvalue weighted by atomic mass is 32.1. The molecule has 2 atom stereocenters. The van der Waals surface area contributed by atoms with Crippen LogP contribution in [0.25, 0.3) is 0 Å². The van der Waals surface area contributed by atoms with Crippen LogP contribution in [0.4, 0.5) is 0 Å². The van der Waals surface area contributed by atoms with E-state index in [1.54, 1.807) is 7.11 Å². The molecule has 0 spiro atoms. The maximum atomic E-state index is 5.53. The molecular weight excluding hydrogens is 196 g/mol. The summed E-state index contributed by atoms with van der Waals surface area (Å²) in [6, 6.07) is 0.481. The quantitative estimate of drug-likeness (QED) is 0.696. The zero-order valence-corrected chi connectivity index (χ0v) is 9.85. The Kier molecular flexibility index (Phi) is 4.78. The summed E-state index contributed by atoms with van der Waals surface area (Å²) in [5.74, 6) is 0.689. The van der Waals surface area contributed by atoms with Crippen LogP contribution in [0.1, 0.15) is 19.8 Å². The molecule has 82 valence electrons. The SMILES string of the molecule is COCC1CCN(C(C)CC(N)=S)C1. The fourth-order valence-corrected chi connectivity index (χ4v) is 2.30. The molecular formula is C10H20N2OS. The molecule has 1 fully saturated rings. The number of hydrogen-bond donors (Lipinski definition) is 1. The van der Waals surface area contributed by atoms with Gasteiger partial charge in [-0.25, -0.2) is 0 Å². The largest absolute Gasteiger partial charge is 0.393 e. The van der Waals surface area contributed by atoms with Gasteiger partial charge in [0, 0.05) is 26.1 Å². The number of likely N-dealkylation sites (tertiary alicyclic amines) is 1. The fraction of sp³-hybridized carbons (Fsp3) is 0.900. The number of ether oxygens (including phenoxy) is 1. The molecule has 0 saturated carbocycles. The van der Waals surface area contributed by atoms with Gasteiger partial charge < -0.3 is 10.5 Å². The van der Waals surface area contributed by atoms with E-state index >= 15 is 0 Å². The first-order valence-electron chi connectivity index (χ1n) is 5.14. The van der Waals surface area contributed by atoms with Gasteiger partial charge in [-0.15, -0.1) is 0 Å². The molecule has 14 heavy (non-hydrogen) atoms. The molecule has 0 aliphatic carbocycles. The number of thiocarbonyl (C=S) groups is 1. The third kappa shape index (κ3) is 3.52. The smallest absolute Gasteiger partial charge is 0.0742 e. The molecule has 0 radical (unpaired) electrons. The van der Waals surface area contributed by atoms with Crippen molar-refractivity contribution in [2.75, 3.05) is 26.8 Å². The topological polar surface area (TPSA) is 38.5 Å². The lowest BCUT2D eigenvalue weighted by atomic mass is 10.1. The highest BCUT2D eigenvalue weighted by Crippen LogP contribution is 2.19. The van der Waals surface area contributed by atoms with Crippen LogP contribution in [0.3, 0.4) is 0 Å². The standard InChI is InChI=1S/C10H20N2OS/c1-8(5-10(11)14)12-4-3-9(6-12)7-13-2/h8-9H,3-7H2,1-2H3,(H2,11,14). The molecule has 4 heteroatoms. The van der Waals surface area contributed by atoms with E-state index in [-0.39, 0.29) is 0 Å². The maximum absolute atomic E-state index is 5.53. The molecule has 1 saturated heterocycles. The van der Waals surface area contributed by atoms with Crippen molar-refractivity contribution in [2.24, 2.45) is 11.7 Å². The molecule has 0 aromatic heterocycles. The van der Waals surface area contributed by atoms with E-state index in [9.17, 15) is 0 Å². The summed E-state index contributed by atoms with van der Waals surface area (Å²) >= 11 is 4.91. The van der Waals surface area contributed by atoms with Gasteiger partial charge in [-0.2, -0.15) is 0 Å². The van der Waals surface area contributed by atoms with E-state index in [1.165, 1.54) is 6.42 Å². The second kappa shape index (κ2) is 5.63. The first kappa shape index (κ1) is 11.9. The normalized spacial score (nSPS) is 25.1. The van der Waals surface area contributed by atoms with Crippen LogP contribution >= 0.6 is 12.2 Å². The van der Waals surface area contributed by atoms with Crippen LogP contribution in [0.15, 0.2) is 0 Å². The molecule has 1 heterocycles. The molecule has 2 N–H and O–H groups in total. The lowest BCUT2D eigenvalue weighted by Gasteiger charge is -2.23. The Morgan fingerprint density at radius 3 is 3.00 bits per heavy atom. The summed E-state index contributed by atoms with van der Waals surface area (Å²) in [4.78, 5) is 3.07. The number of nitrogens with two attached hydrogens (primary N) is 1. The lowest BCUT2D eigenvalue weighted by molar-refractivity contribution is 0.149. The van der Waals surface area contributed by atoms with Crippen LogP contribution in [-0.4, -0.2) is 42.7 Å². The molecule has 0 amide bonds. The van der Waals surface area contributed by atoms with Crippen LogP contribution in [0.2, 0.25) is 0 Å². The van der Waals surface area contributed by atoms with Gasteiger partial charge in [0.25, 0.3) is 0 Å². The van der Waals surface area contributed by atoms with E-state index in [4.69, 9.17) is 22.7 Å². The highest BCUT2D eigenvalue weighted by molar-refractivity contribution is 7.80. The molecule has 1 rings (SSSR count). The monoisotopic (exact) mass is 216 g/mol. The minimum atomic E-state index is 0.481. The van der Waals surface area contributed by atoms with E-state index in [0.717, 1.165) is 26.1 Å². The third-order valence-corrected chi connectivity index (χ3v) is 3.01. The predicted octanol–water partition coefficient (Wildman–Crippen LogP) is 1.02. The van der Waals surface area contributed by atoms with Crippen molar-refractivity contribution in [1.29, 1.82) is 0 Å². The van der Waals surface area contributed by atoms with Crippen molar-refractivity contribution >= 4 is 17.2 Å². The highest BCUT2D eigenvalue weighted by Gasteiger charge is 2.25. The van der Waals surface area contributed by atoms with Gasteiger partial charge in [-0.05, 0) is 25.8 Å². The summed E-state index contributed by atoms with van der Waals surface area (Å²) in [5.41, 5.74) is 5.53. The van der Waals surface area contributed by atoms with Gasteiger partial charge in [0.15, 0.2) is 0 Å².